The van der Waals surface area contributed by atoms with E-state index < -0.39 is 0 Å². The third-order valence-electron chi connectivity index (χ3n) is 5.96. The molecule has 0 amide bonds. The van der Waals surface area contributed by atoms with Crippen LogP contribution in [-0.4, -0.2) is 0 Å². The minimum absolute atomic E-state index is 1.15. The number of anilines is 3. The Hall–Kier alpha value is -3.58. The quantitative estimate of drug-likeness (QED) is 0.293. The largest absolute Gasteiger partial charge is 0.311 e. The molecule has 0 fully saturated rings. The van der Waals surface area contributed by atoms with E-state index in [1.165, 1.54) is 39.0 Å². The zero-order valence-corrected chi connectivity index (χ0v) is 19.7. The van der Waals surface area contributed by atoms with Crippen LogP contribution in [0.3, 0.4) is 0 Å². The monoisotopic (exact) mass is 417 g/mol. The summed E-state index contributed by atoms with van der Waals surface area (Å²) in [6.45, 7) is 10.8. The molecule has 32 heavy (non-hydrogen) atoms. The number of rotatable bonds is 5. The van der Waals surface area contributed by atoms with Crippen LogP contribution in [0.15, 0.2) is 91.0 Å². The normalized spacial score (nSPS) is 11.5. The minimum Gasteiger partial charge on any atom is -0.311 e. The van der Waals surface area contributed by atoms with Crippen molar-refractivity contribution in [3.05, 3.63) is 124 Å². The maximum Gasteiger partial charge on any atom is 0.0462 e. The average Bonchev–Trinajstić information content (AvgIpc) is 2.79. The summed E-state index contributed by atoms with van der Waals surface area (Å²) in [5.41, 5.74) is 12.4. The molecule has 0 N–H and O–H groups in total. The molecule has 0 radical (unpaired) electrons. The summed E-state index contributed by atoms with van der Waals surface area (Å²) in [5, 5.41) is 0. The highest BCUT2D eigenvalue weighted by atomic mass is 15.1. The Morgan fingerprint density at radius 2 is 1.00 bits per heavy atom. The first-order chi connectivity index (χ1) is 15.4. The molecule has 0 spiro atoms. The lowest BCUT2D eigenvalue weighted by atomic mass is 10.00. The van der Waals surface area contributed by atoms with Crippen LogP contribution < -0.4 is 4.90 Å². The highest BCUT2D eigenvalue weighted by Crippen LogP contribution is 2.35. The lowest BCUT2D eigenvalue weighted by Crippen LogP contribution is -2.09. The summed E-state index contributed by atoms with van der Waals surface area (Å²) in [7, 11) is 0. The lowest BCUT2D eigenvalue weighted by molar-refractivity contribution is 1.27. The Morgan fingerprint density at radius 1 is 0.562 bits per heavy atom. The first-order valence-corrected chi connectivity index (χ1v) is 11.2. The molecule has 0 bridgehead atoms. The van der Waals surface area contributed by atoms with Crippen molar-refractivity contribution in [1.82, 2.24) is 0 Å². The van der Waals surface area contributed by atoms with Gasteiger partial charge in [-0.15, -0.1) is 0 Å². The number of allylic oxidation sites excluding steroid dienone is 1. The van der Waals surface area contributed by atoms with E-state index >= 15 is 0 Å². The van der Waals surface area contributed by atoms with E-state index in [9.17, 15) is 0 Å². The second kappa shape index (κ2) is 9.28. The highest BCUT2D eigenvalue weighted by Gasteiger charge is 2.12. The van der Waals surface area contributed by atoms with Crippen molar-refractivity contribution in [2.75, 3.05) is 4.90 Å². The van der Waals surface area contributed by atoms with Gasteiger partial charge >= 0.3 is 0 Å². The molecule has 1 nitrogen and oxygen atoms in total. The second-order valence-corrected chi connectivity index (χ2v) is 8.74. The summed E-state index contributed by atoms with van der Waals surface area (Å²) in [5.74, 6) is 0. The van der Waals surface area contributed by atoms with Crippen LogP contribution in [0.1, 0.15) is 40.3 Å². The molecule has 0 saturated carbocycles. The van der Waals surface area contributed by atoms with Gasteiger partial charge in [-0.2, -0.15) is 0 Å². The minimum atomic E-state index is 1.15. The van der Waals surface area contributed by atoms with Crippen molar-refractivity contribution in [2.24, 2.45) is 0 Å². The standard InChI is InChI=1S/C31H31N/c1-22-7-14-29(15-8-22)32(30-16-9-23(2)10-17-30)31-18-12-27(13-19-31)26(5)21-28-11-6-24(3)20-25(28)4/h6-21H,1-5H3/b26-21+. The van der Waals surface area contributed by atoms with Crippen LogP contribution >= 0.6 is 0 Å². The molecule has 4 rings (SSSR count). The summed E-state index contributed by atoms with van der Waals surface area (Å²) < 4.78 is 0. The topological polar surface area (TPSA) is 3.24 Å². The van der Waals surface area contributed by atoms with Crippen LogP contribution in [0.5, 0.6) is 0 Å². The van der Waals surface area contributed by atoms with Crippen LogP contribution in [0, 0.1) is 27.7 Å². The fourth-order valence-corrected chi connectivity index (χ4v) is 4.01. The number of aryl methyl sites for hydroxylation is 4. The van der Waals surface area contributed by atoms with Gasteiger partial charge in [0.05, 0.1) is 0 Å². The van der Waals surface area contributed by atoms with Gasteiger partial charge in [0.1, 0.15) is 0 Å². The molecule has 0 aliphatic carbocycles. The third kappa shape index (κ3) is 4.84. The Morgan fingerprint density at radius 3 is 1.47 bits per heavy atom. The third-order valence-corrected chi connectivity index (χ3v) is 5.96. The molecule has 4 aromatic rings. The number of hydrogen-bond acceptors (Lipinski definition) is 1. The van der Waals surface area contributed by atoms with Gasteiger partial charge in [0.15, 0.2) is 0 Å². The van der Waals surface area contributed by atoms with Crippen molar-refractivity contribution in [3.8, 4) is 0 Å². The lowest BCUT2D eigenvalue weighted by Gasteiger charge is -2.26. The first-order valence-electron chi connectivity index (χ1n) is 11.2. The van der Waals surface area contributed by atoms with Crippen molar-refractivity contribution in [1.29, 1.82) is 0 Å². The van der Waals surface area contributed by atoms with Crippen molar-refractivity contribution < 1.29 is 0 Å². The zero-order chi connectivity index (χ0) is 22.7. The fraction of sp³-hybridized carbons (Fsp3) is 0.161. The van der Waals surface area contributed by atoms with Gasteiger partial charge in [0.25, 0.3) is 0 Å². The summed E-state index contributed by atoms with van der Waals surface area (Å²) in [6.07, 6.45) is 2.28. The maximum absolute atomic E-state index is 2.31. The molecule has 1 heteroatoms. The van der Waals surface area contributed by atoms with Gasteiger partial charge in [0.2, 0.25) is 0 Å². The van der Waals surface area contributed by atoms with E-state index in [0.29, 0.717) is 0 Å². The SMILES string of the molecule is C/C(=C\c1ccc(C)cc1C)c1ccc(N(c2ccc(C)cc2)c2ccc(C)cc2)cc1. The molecule has 0 aromatic heterocycles. The van der Waals surface area contributed by atoms with E-state index in [4.69, 9.17) is 0 Å². The van der Waals surface area contributed by atoms with Crippen LogP contribution in [-0.2, 0) is 0 Å². The summed E-state index contributed by atoms with van der Waals surface area (Å²) in [4.78, 5) is 2.31. The summed E-state index contributed by atoms with van der Waals surface area (Å²) >= 11 is 0. The smallest absolute Gasteiger partial charge is 0.0462 e. The predicted octanol–water partition coefficient (Wildman–Crippen LogP) is 8.95. The van der Waals surface area contributed by atoms with Gasteiger partial charge in [-0.3, -0.25) is 0 Å². The van der Waals surface area contributed by atoms with E-state index in [1.54, 1.807) is 0 Å². The molecule has 0 aliphatic heterocycles. The molecule has 0 unspecified atom stereocenters. The van der Waals surface area contributed by atoms with Gasteiger partial charge in [-0.05, 0) is 93.3 Å². The van der Waals surface area contributed by atoms with E-state index in [2.05, 4.69) is 137 Å². The fourth-order valence-electron chi connectivity index (χ4n) is 4.01. The van der Waals surface area contributed by atoms with Gasteiger partial charge < -0.3 is 4.90 Å². The van der Waals surface area contributed by atoms with Crippen molar-refractivity contribution in [3.63, 3.8) is 0 Å². The molecule has 160 valence electrons. The van der Waals surface area contributed by atoms with E-state index in [0.717, 1.165) is 17.1 Å². The molecule has 0 saturated heterocycles. The van der Waals surface area contributed by atoms with Crippen LogP contribution in [0.25, 0.3) is 11.6 Å². The Balaban J connectivity index is 1.69. The van der Waals surface area contributed by atoms with Crippen LogP contribution in [0.4, 0.5) is 17.1 Å². The number of nitrogens with zero attached hydrogens (tertiary/aromatic N) is 1. The molecule has 0 heterocycles. The molecule has 4 aromatic carbocycles. The number of hydrogen-bond donors (Lipinski definition) is 0. The predicted molar refractivity (Wildman–Crippen MR) is 140 cm³/mol. The zero-order valence-electron chi connectivity index (χ0n) is 19.7. The first kappa shape index (κ1) is 21.6. The molecule has 0 atom stereocenters. The summed E-state index contributed by atoms with van der Waals surface area (Å²) in [6, 6.07) is 32.9. The second-order valence-electron chi connectivity index (χ2n) is 8.74. The maximum atomic E-state index is 2.31. The Labute approximate surface area is 192 Å². The highest BCUT2D eigenvalue weighted by molar-refractivity contribution is 5.83. The van der Waals surface area contributed by atoms with Gasteiger partial charge in [-0.25, -0.2) is 0 Å². The van der Waals surface area contributed by atoms with Crippen molar-refractivity contribution >= 4 is 28.7 Å². The van der Waals surface area contributed by atoms with Crippen LogP contribution in [0.2, 0.25) is 0 Å². The average molecular weight is 418 g/mol. The Kier molecular flexibility index (Phi) is 6.28. The molecular weight excluding hydrogens is 386 g/mol. The molecule has 0 aliphatic rings. The van der Waals surface area contributed by atoms with Gasteiger partial charge in [0, 0.05) is 17.1 Å². The van der Waals surface area contributed by atoms with Crippen molar-refractivity contribution in [2.45, 2.75) is 34.6 Å². The molecular formula is C31H31N. The van der Waals surface area contributed by atoms with E-state index in [1.807, 2.05) is 0 Å². The van der Waals surface area contributed by atoms with E-state index in [-0.39, 0.29) is 0 Å². The number of benzene rings is 4. The Bertz CT molecular complexity index is 1180. The van der Waals surface area contributed by atoms with Gasteiger partial charge in [-0.1, -0.05) is 77.4 Å².